The molecule has 1 saturated carbocycles. The topological polar surface area (TPSA) is 29.9 Å². The van der Waals surface area contributed by atoms with E-state index in [1.165, 1.54) is 31.2 Å². The molecule has 1 aliphatic carbocycles. The molecule has 0 atom stereocenters. The number of nitrogens with zero attached hydrogens (tertiary/aromatic N) is 2. The molecule has 0 unspecified atom stereocenters. The summed E-state index contributed by atoms with van der Waals surface area (Å²) in [6, 6.07) is 8.41. The van der Waals surface area contributed by atoms with Crippen LogP contribution in [0.3, 0.4) is 0 Å². The zero-order valence-electron chi connectivity index (χ0n) is 12.7. The van der Waals surface area contributed by atoms with Crippen LogP contribution < -0.4 is 5.32 Å². The molecule has 3 rings (SSSR count). The minimum Gasteiger partial charge on any atom is -0.327 e. The first-order valence-electron chi connectivity index (χ1n) is 7.87. The average molecular weight is 271 g/mol. The van der Waals surface area contributed by atoms with E-state index in [0.29, 0.717) is 5.41 Å². The van der Waals surface area contributed by atoms with Crippen molar-refractivity contribution in [1.82, 2.24) is 14.9 Å². The molecule has 0 saturated heterocycles. The van der Waals surface area contributed by atoms with Gasteiger partial charge in [0, 0.05) is 13.1 Å². The molecule has 0 spiro atoms. The van der Waals surface area contributed by atoms with Crippen LogP contribution >= 0.6 is 0 Å². The number of para-hydroxylation sites is 2. The Morgan fingerprint density at radius 2 is 2.00 bits per heavy atom. The van der Waals surface area contributed by atoms with Crippen molar-refractivity contribution >= 4 is 11.0 Å². The Bertz CT molecular complexity index is 579. The zero-order valence-corrected chi connectivity index (χ0v) is 12.7. The molecular weight excluding hydrogens is 246 g/mol. The van der Waals surface area contributed by atoms with Crippen LogP contribution in [0.4, 0.5) is 0 Å². The highest BCUT2D eigenvalue weighted by molar-refractivity contribution is 5.75. The van der Waals surface area contributed by atoms with Gasteiger partial charge in [-0.25, -0.2) is 4.98 Å². The first-order valence-corrected chi connectivity index (χ1v) is 7.87. The van der Waals surface area contributed by atoms with E-state index in [2.05, 4.69) is 48.0 Å². The van der Waals surface area contributed by atoms with Crippen molar-refractivity contribution < 1.29 is 0 Å². The van der Waals surface area contributed by atoms with E-state index >= 15 is 0 Å². The first kappa shape index (κ1) is 13.6. The highest BCUT2D eigenvalue weighted by atomic mass is 15.1. The number of imidazole rings is 1. The quantitative estimate of drug-likeness (QED) is 0.898. The second-order valence-electron chi connectivity index (χ2n) is 6.38. The normalized spacial score (nSPS) is 17.9. The number of hydrogen-bond donors (Lipinski definition) is 1. The maximum atomic E-state index is 4.77. The summed E-state index contributed by atoms with van der Waals surface area (Å²) in [4.78, 5) is 4.77. The summed E-state index contributed by atoms with van der Waals surface area (Å²) >= 11 is 0. The maximum Gasteiger partial charge on any atom is 0.123 e. The minimum atomic E-state index is 0.503. The molecule has 0 amide bonds. The van der Waals surface area contributed by atoms with E-state index in [4.69, 9.17) is 4.98 Å². The van der Waals surface area contributed by atoms with Gasteiger partial charge in [0.25, 0.3) is 0 Å². The molecule has 0 aliphatic heterocycles. The van der Waals surface area contributed by atoms with Gasteiger partial charge in [0.2, 0.25) is 0 Å². The molecule has 108 valence electrons. The van der Waals surface area contributed by atoms with E-state index in [-0.39, 0.29) is 0 Å². The third kappa shape index (κ3) is 2.59. The highest BCUT2D eigenvalue weighted by Crippen LogP contribution is 2.36. The van der Waals surface area contributed by atoms with Gasteiger partial charge < -0.3 is 9.88 Å². The van der Waals surface area contributed by atoms with Crippen LogP contribution in [0, 0.1) is 5.41 Å². The van der Waals surface area contributed by atoms with Crippen LogP contribution in [0.1, 0.15) is 45.4 Å². The average Bonchev–Trinajstić information content (AvgIpc) is 3.02. The van der Waals surface area contributed by atoms with Crippen LogP contribution in [0.25, 0.3) is 11.0 Å². The molecular formula is C17H25N3. The molecule has 1 aromatic heterocycles. The standard InChI is InChI=1S/C17H25N3/c1-3-20-15-9-5-4-8-14(15)19-16(20)12-18-13-17(2)10-6-7-11-17/h4-5,8-9,18H,3,6-7,10-13H2,1-2H3. The second kappa shape index (κ2) is 5.57. The lowest BCUT2D eigenvalue weighted by Gasteiger charge is -2.23. The number of nitrogens with one attached hydrogen (secondary N) is 1. The Labute approximate surface area is 121 Å². The lowest BCUT2D eigenvalue weighted by atomic mass is 9.89. The second-order valence-corrected chi connectivity index (χ2v) is 6.38. The van der Waals surface area contributed by atoms with Crippen molar-refractivity contribution in [3.8, 4) is 0 Å². The van der Waals surface area contributed by atoms with Crippen molar-refractivity contribution in [2.45, 2.75) is 52.6 Å². The van der Waals surface area contributed by atoms with Gasteiger partial charge in [0.15, 0.2) is 0 Å². The summed E-state index contributed by atoms with van der Waals surface area (Å²) in [6.45, 7) is 7.57. The van der Waals surface area contributed by atoms with Crippen molar-refractivity contribution in [2.75, 3.05) is 6.54 Å². The number of fused-ring (bicyclic) bond motifs is 1. The molecule has 0 radical (unpaired) electrons. The van der Waals surface area contributed by atoms with Gasteiger partial charge in [-0.05, 0) is 37.3 Å². The molecule has 1 heterocycles. The minimum absolute atomic E-state index is 0.503. The van der Waals surface area contributed by atoms with Gasteiger partial charge in [-0.15, -0.1) is 0 Å². The number of rotatable bonds is 5. The fraction of sp³-hybridized carbons (Fsp3) is 0.588. The Hall–Kier alpha value is -1.35. The number of aryl methyl sites for hydroxylation is 1. The number of hydrogen-bond acceptors (Lipinski definition) is 2. The summed E-state index contributed by atoms with van der Waals surface area (Å²) in [6.07, 6.45) is 5.52. The Balaban J connectivity index is 1.71. The fourth-order valence-electron chi connectivity index (χ4n) is 3.49. The molecule has 1 N–H and O–H groups in total. The molecule has 1 fully saturated rings. The van der Waals surface area contributed by atoms with Crippen LogP contribution in [0.15, 0.2) is 24.3 Å². The van der Waals surface area contributed by atoms with Gasteiger partial charge in [0.05, 0.1) is 17.6 Å². The van der Waals surface area contributed by atoms with E-state index < -0.39 is 0 Å². The van der Waals surface area contributed by atoms with E-state index in [1.54, 1.807) is 0 Å². The fourth-order valence-corrected chi connectivity index (χ4v) is 3.49. The van der Waals surface area contributed by atoms with E-state index in [0.717, 1.165) is 31.0 Å². The SMILES string of the molecule is CCn1c(CNCC2(C)CCCC2)nc2ccccc21. The van der Waals surface area contributed by atoms with Crippen molar-refractivity contribution in [3.05, 3.63) is 30.1 Å². The largest absolute Gasteiger partial charge is 0.327 e. The number of aromatic nitrogens is 2. The van der Waals surface area contributed by atoms with Gasteiger partial charge in [-0.3, -0.25) is 0 Å². The summed E-state index contributed by atoms with van der Waals surface area (Å²) in [5.41, 5.74) is 2.86. The third-order valence-electron chi connectivity index (χ3n) is 4.70. The molecule has 1 aliphatic rings. The van der Waals surface area contributed by atoms with Crippen molar-refractivity contribution in [3.63, 3.8) is 0 Å². The Morgan fingerprint density at radius 3 is 2.75 bits per heavy atom. The van der Waals surface area contributed by atoms with Gasteiger partial charge in [0.1, 0.15) is 5.82 Å². The molecule has 3 nitrogen and oxygen atoms in total. The third-order valence-corrected chi connectivity index (χ3v) is 4.70. The monoisotopic (exact) mass is 271 g/mol. The highest BCUT2D eigenvalue weighted by Gasteiger charge is 2.28. The van der Waals surface area contributed by atoms with Gasteiger partial charge in [-0.1, -0.05) is 31.9 Å². The van der Waals surface area contributed by atoms with Crippen LogP contribution in [-0.4, -0.2) is 16.1 Å². The molecule has 20 heavy (non-hydrogen) atoms. The number of benzene rings is 1. The zero-order chi connectivity index (χ0) is 14.0. The van der Waals surface area contributed by atoms with Crippen molar-refractivity contribution in [1.29, 1.82) is 0 Å². The Kier molecular flexibility index (Phi) is 3.79. The van der Waals surface area contributed by atoms with Crippen LogP contribution in [0.5, 0.6) is 0 Å². The summed E-state index contributed by atoms with van der Waals surface area (Å²) in [5, 5.41) is 3.64. The predicted molar refractivity (Wildman–Crippen MR) is 83.7 cm³/mol. The first-order chi connectivity index (χ1) is 9.72. The van der Waals surface area contributed by atoms with E-state index in [1.807, 2.05) is 0 Å². The molecule has 1 aromatic carbocycles. The van der Waals surface area contributed by atoms with Crippen LogP contribution in [0.2, 0.25) is 0 Å². The molecule has 2 aromatic rings. The van der Waals surface area contributed by atoms with Crippen molar-refractivity contribution in [2.24, 2.45) is 5.41 Å². The molecule has 3 heteroatoms. The van der Waals surface area contributed by atoms with E-state index in [9.17, 15) is 0 Å². The van der Waals surface area contributed by atoms with Crippen LogP contribution in [-0.2, 0) is 13.1 Å². The maximum absolute atomic E-state index is 4.77. The van der Waals surface area contributed by atoms with Gasteiger partial charge in [-0.2, -0.15) is 0 Å². The Morgan fingerprint density at radius 1 is 1.25 bits per heavy atom. The molecule has 0 bridgehead atoms. The summed E-state index contributed by atoms with van der Waals surface area (Å²) < 4.78 is 2.32. The summed E-state index contributed by atoms with van der Waals surface area (Å²) in [5.74, 6) is 1.16. The smallest absolute Gasteiger partial charge is 0.123 e. The predicted octanol–water partition coefficient (Wildman–Crippen LogP) is 3.73. The lowest BCUT2D eigenvalue weighted by Crippen LogP contribution is -2.30. The lowest BCUT2D eigenvalue weighted by molar-refractivity contribution is 0.312. The van der Waals surface area contributed by atoms with Gasteiger partial charge >= 0.3 is 0 Å². The summed E-state index contributed by atoms with van der Waals surface area (Å²) in [7, 11) is 0.